The summed E-state index contributed by atoms with van der Waals surface area (Å²) < 4.78 is 0. The van der Waals surface area contributed by atoms with Crippen LogP contribution in [0.15, 0.2) is 24.3 Å². The van der Waals surface area contributed by atoms with Crippen molar-refractivity contribution >= 4 is 11.8 Å². The molecule has 5 heteroatoms. The van der Waals surface area contributed by atoms with Crippen LogP contribution >= 0.6 is 0 Å². The van der Waals surface area contributed by atoms with Crippen molar-refractivity contribution < 1.29 is 9.59 Å². The lowest BCUT2D eigenvalue weighted by Crippen LogP contribution is -2.36. The second kappa shape index (κ2) is 6.72. The predicted octanol–water partition coefficient (Wildman–Crippen LogP) is 1.12. The topological polar surface area (TPSA) is 75.4 Å². The Bertz CT molecular complexity index is 513. The van der Waals surface area contributed by atoms with E-state index in [0.29, 0.717) is 13.1 Å². The summed E-state index contributed by atoms with van der Waals surface area (Å²) in [4.78, 5) is 25.5. The van der Waals surface area contributed by atoms with E-state index >= 15 is 0 Å². The maximum atomic E-state index is 12.3. The molecule has 2 amide bonds. The summed E-state index contributed by atoms with van der Waals surface area (Å²) in [5.41, 5.74) is 7.94. The monoisotopic (exact) mass is 289 g/mol. The molecule has 0 aliphatic carbocycles. The van der Waals surface area contributed by atoms with Gasteiger partial charge in [0.15, 0.2) is 0 Å². The third-order valence-corrected chi connectivity index (χ3v) is 3.81. The Morgan fingerprint density at radius 1 is 1.38 bits per heavy atom. The molecule has 0 spiro atoms. The second-order valence-corrected chi connectivity index (χ2v) is 5.76. The lowest BCUT2D eigenvalue weighted by atomic mass is 10.0. The molecule has 114 valence electrons. The molecule has 2 atom stereocenters. The Hall–Kier alpha value is -1.88. The van der Waals surface area contributed by atoms with Gasteiger partial charge in [-0.15, -0.1) is 0 Å². The number of nitrogens with zero attached hydrogens (tertiary/aromatic N) is 1. The first-order valence-corrected chi connectivity index (χ1v) is 7.32. The van der Waals surface area contributed by atoms with Gasteiger partial charge in [0.05, 0.1) is 12.5 Å². The van der Waals surface area contributed by atoms with Gasteiger partial charge in [0, 0.05) is 26.1 Å². The highest BCUT2D eigenvalue weighted by Gasteiger charge is 2.26. The van der Waals surface area contributed by atoms with Crippen molar-refractivity contribution in [1.29, 1.82) is 0 Å². The average Bonchev–Trinajstić information content (AvgIpc) is 2.85. The van der Waals surface area contributed by atoms with E-state index in [1.807, 2.05) is 31.2 Å². The number of rotatable bonds is 4. The first-order chi connectivity index (χ1) is 9.95. The van der Waals surface area contributed by atoms with E-state index in [-0.39, 0.29) is 30.3 Å². The molecule has 1 saturated heterocycles. The molecule has 1 unspecified atom stereocenters. The summed E-state index contributed by atoms with van der Waals surface area (Å²) in [7, 11) is 0. The molecule has 0 radical (unpaired) electrons. The van der Waals surface area contributed by atoms with Crippen molar-refractivity contribution in [2.45, 2.75) is 38.8 Å². The first kappa shape index (κ1) is 15.5. The second-order valence-electron chi connectivity index (χ2n) is 5.76. The van der Waals surface area contributed by atoms with Crippen LogP contribution in [0.25, 0.3) is 0 Å². The zero-order chi connectivity index (χ0) is 15.4. The van der Waals surface area contributed by atoms with Crippen LogP contribution in [0.3, 0.4) is 0 Å². The fourth-order valence-electron chi connectivity index (χ4n) is 2.61. The number of hydrogen-bond donors (Lipinski definition) is 2. The summed E-state index contributed by atoms with van der Waals surface area (Å²) in [5.74, 6) is -0.0891. The summed E-state index contributed by atoms with van der Waals surface area (Å²) in [5, 5.41) is 2.86. The number of carbonyl (C=O) groups is 2. The van der Waals surface area contributed by atoms with Gasteiger partial charge in [-0.25, -0.2) is 0 Å². The van der Waals surface area contributed by atoms with Crippen LogP contribution in [-0.2, 0) is 9.59 Å². The molecular formula is C16H23N3O2. The maximum Gasteiger partial charge on any atom is 0.225 e. The number of hydrogen-bond acceptors (Lipinski definition) is 3. The average molecular weight is 289 g/mol. The molecule has 3 N–H and O–H groups in total. The minimum absolute atomic E-state index is 0.0438. The lowest BCUT2D eigenvalue weighted by Gasteiger charge is -2.22. The molecule has 2 rings (SSSR count). The Labute approximate surface area is 125 Å². The van der Waals surface area contributed by atoms with Crippen LogP contribution in [0.5, 0.6) is 0 Å². The maximum absolute atomic E-state index is 12.3. The predicted molar refractivity (Wildman–Crippen MR) is 81.5 cm³/mol. The fraction of sp³-hybridized carbons (Fsp3) is 0.500. The highest BCUT2D eigenvalue weighted by Crippen LogP contribution is 2.20. The third-order valence-electron chi connectivity index (χ3n) is 3.81. The fourth-order valence-corrected chi connectivity index (χ4v) is 2.61. The van der Waals surface area contributed by atoms with Crippen molar-refractivity contribution in [2.75, 3.05) is 13.1 Å². The quantitative estimate of drug-likeness (QED) is 0.872. The van der Waals surface area contributed by atoms with Crippen LogP contribution in [-0.4, -0.2) is 35.8 Å². The first-order valence-electron chi connectivity index (χ1n) is 7.32. The zero-order valence-electron chi connectivity index (χ0n) is 12.6. The smallest absolute Gasteiger partial charge is 0.225 e. The van der Waals surface area contributed by atoms with Crippen LogP contribution < -0.4 is 11.1 Å². The lowest BCUT2D eigenvalue weighted by molar-refractivity contribution is -0.131. The number of nitrogens with one attached hydrogen (secondary N) is 1. The van der Waals surface area contributed by atoms with Crippen molar-refractivity contribution in [3.05, 3.63) is 35.4 Å². The molecule has 5 nitrogen and oxygen atoms in total. The van der Waals surface area contributed by atoms with Gasteiger partial charge < -0.3 is 16.0 Å². The molecule has 0 saturated carbocycles. The minimum atomic E-state index is -0.285. The SMILES string of the molecule is CC(=O)NC(CC(=O)N1CC[C@@H](N)C1)c1ccc(C)cc1. The van der Waals surface area contributed by atoms with E-state index in [0.717, 1.165) is 17.5 Å². The van der Waals surface area contributed by atoms with Crippen molar-refractivity contribution in [2.24, 2.45) is 5.73 Å². The molecular weight excluding hydrogens is 266 g/mol. The Morgan fingerprint density at radius 2 is 2.05 bits per heavy atom. The van der Waals surface area contributed by atoms with Gasteiger partial charge in [0.1, 0.15) is 0 Å². The van der Waals surface area contributed by atoms with E-state index in [9.17, 15) is 9.59 Å². The van der Waals surface area contributed by atoms with Crippen LogP contribution in [0.2, 0.25) is 0 Å². The van der Waals surface area contributed by atoms with Gasteiger partial charge in [-0.05, 0) is 18.9 Å². The van der Waals surface area contributed by atoms with E-state index in [1.165, 1.54) is 6.92 Å². The van der Waals surface area contributed by atoms with Crippen LogP contribution in [0, 0.1) is 6.92 Å². The van der Waals surface area contributed by atoms with Gasteiger partial charge >= 0.3 is 0 Å². The number of aryl methyl sites for hydroxylation is 1. The van der Waals surface area contributed by atoms with Crippen molar-refractivity contribution in [1.82, 2.24) is 10.2 Å². The number of likely N-dealkylation sites (tertiary alicyclic amines) is 1. The third kappa shape index (κ3) is 4.29. The molecule has 1 aromatic rings. The number of nitrogens with two attached hydrogens (primary N) is 1. The summed E-state index contributed by atoms with van der Waals surface area (Å²) in [6.45, 7) is 4.80. The van der Waals surface area contributed by atoms with E-state index < -0.39 is 0 Å². The molecule has 21 heavy (non-hydrogen) atoms. The van der Waals surface area contributed by atoms with E-state index in [4.69, 9.17) is 5.73 Å². The van der Waals surface area contributed by atoms with Gasteiger partial charge in [0.25, 0.3) is 0 Å². The number of amides is 2. The van der Waals surface area contributed by atoms with Crippen molar-refractivity contribution in [3.8, 4) is 0 Å². The van der Waals surface area contributed by atoms with Crippen molar-refractivity contribution in [3.63, 3.8) is 0 Å². The molecule has 0 aromatic heterocycles. The highest BCUT2D eigenvalue weighted by atomic mass is 16.2. The summed E-state index contributed by atoms with van der Waals surface area (Å²) >= 11 is 0. The van der Waals surface area contributed by atoms with Gasteiger partial charge in [-0.3, -0.25) is 9.59 Å². The summed E-state index contributed by atoms with van der Waals surface area (Å²) in [6, 6.07) is 7.68. The Morgan fingerprint density at radius 3 is 2.57 bits per heavy atom. The Balaban J connectivity index is 2.07. The zero-order valence-corrected chi connectivity index (χ0v) is 12.6. The van der Waals surface area contributed by atoms with Crippen LogP contribution in [0.4, 0.5) is 0 Å². The van der Waals surface area contributed by atoms with Gasteiger partial charge in [-0.1, -0.05) is 29.8 Å². The van der Waals surface area contributed by atoms with Gasteiger partial charge in [0.2, 0.25) is 11.8 Å². The number of benzene rings is 1. The normalized spacial score (nSPS) is 19.4. The highest BCUT2D eigenvalue weighted by molar-refractivity contribution is 5.79. The van der Waals surface area contributed by atoms with Gasteiger partial charge in [-0.2, -0.15) is 0 Å². The molecule has 1 aliphatic rings. The standard InChI is InChI=1S/C16H23N3O2/c1-11-3-5-13(6-4-11)15(18-12(2)20)9-16(21)19-8-7-14(17)10-19/h3-6,14-15H,7-10,17H2,1-2H3,(H,18,20)/t14-,15?/m1/s1. The molecule has 0 bridgehead atoms. The minimum Gasteiger partial charge on any atom is -0.349 e. The summed E-state index contributed by atoms with van der Waals surface area (Å²) in [6.07, 6.45) is 1.12. The van der Waals surface area contributed by atoms with E-state index in [1.54, 1.807) is 4.90 Å². The van der Waals surface area contributed by atoms with E-state index in [2.05, 4.69) is 5.32 Å². The van der Waals surface area contributed by atoms with Crippen LogP contribution in [0.1, 0.15) is 36.9 Å². The largest absolute Gasteiger partial charge is 0.349 e. The molecule has 1 aliphatic heterocycles. The number of carbonyl (C=O) groups excluding carboxylic acids is 2. The molecule has 1 aromatic carbocycles. The molecule has 1 fully saturated rings. The Kier molecular flexibility index (Phi) is 4.96. The molecule has 1 heterocycles.